The van der Waals surface area contributed by atoms with E-state index < -0.39 is 8.32 Å². The fourth-order valence-corrected chi connectivity index (χ4v) is 4.46. The fraction of sp³-hybridized carbons (Fsp3) is 1.00. The van der Waals surface area contributed by atoms with Crippen LogP contribution >= 0.6 is 0 Å². The van der Waals surface area contributed by atoms with E-state index in [2.05, 4.69) is 26.6 Å². The lowest BCUT2D eigenvalue weighted by molar-refractivity contribution is 0.590. The summed E-state index contributed by atoms with van der Waals surface area (Å²) in [7, 11) is -1.29. The highest BCUT2D eigenvalue weighted by molar-refractivity contribution is 6.73. The number of unbranched alkanes of at least 4 members (excludes halogenated alkanes) is 1. The van der Waals surface area contributed by atoms with Crippen LogP contribution in [0.3, 0.4) is 0 Å². The summed E-state index contributed by atoms with van der Waals surface area (Å²) in [5.74, 6) is 0. The number of rotatable bonds is 5. The normalized spacial score (nSPS) is 13.2. The van der Waals surface area contributed by atoms with Gasteiger partial charge in [-0.05, 0) is 25.7 Å². The van der Waals surface area contributed by atoms with Crippen LogP contribution in [-0.4, -0.2) is 18.1 Å². The summed E-state index contributed by atoms with van der Waals surface area (Å²) in [6, 6.07) is 1.38. The molecule has 0 unspecified atom stereocenters. The number of hydrogen-bond donors (Lipinski definition) is 0. The minimum atomic E-state index is -1.15. The average molecular weight is 176 g/mol. The molecule has 0 aromatic rings. The Labute approximate surface area is 68.2 Å². The summed E-state index contributed by atoms with van der Waals surface area (Å²) in [6.07, 6.45) is 2.69. The van der Waals surface area contributed by atoms with E-state index in [4.69, 9.17) is 4.12 Å². The molecule has 0 fully saturated rings. The van der Waals surface area contributed by atoms with Crippen LogP contribution < -0.4 is 0 Å². The summed E-state index contributed by atoms with van der Waals surface area (Å²) >= 11 is 0. The first-order chi connectivity index (χ1) is 4.56. The molecule has 3 heteroatoms. The van der Waals surface area contributed by atoms with Crippen molar-refractivity contribution in [2.24, 2.45) is 0 Å². The molecule has 0 saturated heterocycles. The Morgan fingerprint density at radius 1 is 1.30 bits per heavy atom. The van der Waals surface area contributed by atoms with E-state index in [9.17, 15) is 0 Å². The van der Waals surface area contributed by atoms with Crippen molar-refractivity contribution in [3.05, 3.63) is 0 Å². The Morgan fingerprint density at radius 2 is 1.90 bits per heavy atom. The first-order valence-electron chi connectivity index (χ1n) is 4.20. The molecule has 0 aliphatic rings. The SMILES string of the molecule is CCCC[SiH2]O[Si](C)(C)C. The van der Waals surface area contributed by atoms with Gasteiger partial charge in [-0.15, -0.1) is 0 Å². The zero-order valence-corrected chi connectivity index (χ0v) is 10.2. The molecule has 0 spiro atoms. The highest BCUT2D eigenvalue weighted by Crippen LogP contribution is 2.03. The Balaban J connectivity index is 3.04. The molecular weight excluding hydrogens is 156 g/mol. The molecule has 1 nitrogen and oxygen atoms in total. The second-order valence-electron chi connectivity index (χ2n) is 3.67. The predicted molar refractivity (Wildman–Crippen MR) is 52.7 cm³/mol. The van der Waals surface area contributed by atoms with Crippen molar-refractivity contribution < 1.29 is 4.12 Å². The molecule has 0 aromatic heterocycles. The summed E-state index contributed by atoms with van der Waals surface area (Å²) < 4.78 is 5.81. The third-order valence-corrected chi connectivity index (χ3v) is 6.35. The molecule has 0 aliphatic heterocycles. The monoisotopic (exact) mass is 176 g/mol. The molecule has 0 radical (unpaired) electrons. The van der Waals surface area contributed by atoms with E-state index in [0.717, 1.165) is 0 Å². The molecule has 0 aliphatic carbocycles. The van der Waals surface area contributed by atoms with Crippen LogP contribution in [0.1, 0.15) is 19.8 Å². The maximum atomic E-state index is 5.81. The summed E-state index contributed by atoms with van der Waals surface area (Å²) in [5.41, 5.74) is 0. The molecule has 10 heavy (non-hydrogen) atoms. The Morgan fingerprint density at radius 3 is 2.30 bits per heavy atom. The van der Waals surface area contributed by atoms with E-state index in [1.807, 2.05) is 0 Å². The Hall–Kier alpha value is 0.394. The molecule has 0 bridgehead atoms. The smallest absolute Gasteiger partial charge is 0.169 e. The maximum absolute atomic E-state index is 5.81. The van der Waals surface area contributed by atoms with Gasteiger partial charge in [0, 0.05) is 0 Å². The van der Waals surface area contributed by atoms with Crippen molar-refractivity contribution in [2.45, 2.75) is 45.5 Å². The van der Waals surface area contributed by atoms with E-state index in [1.165, 1.54) is 18.9 Å². The van der Waals surface area contributed by atoms with Gasteiger partial charge in [0.05, 0.1) is 0 Å². The minimum absolute atomic E-state index is 0.142. The van der Waals surface area contributed by atoms with Crippen LogP contribution in [0.25, 0.3) is 0 Å². The maximum Gasteiger partial charge on any atom is 0.169 e. The van der Waals surface area contributed by atoms with Crippen molar-refractivity contribution in [3.8, 4) is 0 Å². The molecule has 0 aromatic carbocycles. The highest BCUT2D eigenvalue weighted by atomic mass is 28.4. The molecule has 0 rings (SSSR count). The lowest BCUT2D eigenvalue weighted by Crippen LogP contribution is -2.27. The lowest BCUT2D eigenvalue weighted by Gasteiger charge is -2.16. The molecule has 0 N–H and O–H groups in total. The van der Waals surface area contributed by atoms with Gasteiger partial charge in [-0.3, -0.25) is 0 Å². The second kappa shape index (κ2) is 5.10. The lowest BCUT2D eigenvalue weighted by atomic mass is 10.4. The van der Waals surface area contributed by atoms with Gasteiger partial charge in [0.15, 0.2) is 8.32 Å². The van der Waals surface area contributed by atoms with Gasteiger partial charge in [0.25, 0.3) is 0 Å². The molecule has 0 atom stereocenters. The van der Waals surface area contributed by atoms with Crippen LogP contribution in [0.15, 0.2) is 0 Å². The average Bonchev–Trinajstić information content (AvgIpc) is 1.78. The minimum Gasteiger partial charge on any atom is -0.461 e. The van der Waals surface area contributed by atoms with Gasteiger partial charge >= 0.3 is 0 Å². The van der Waals surface area contributed by atoms with E-state index in [1.54, 1.807) is 0 Å². The second-order valence-corrected chi connectivity index (χ2v) is 10.2. The van der Waals surface area contributed by atoms with Crippen molar-refractivity contribution in [1.29, 1.82) is 0 Å². The van der Waals surface area contributed by atoms with Crippen LogP contribution in [0.5, 0.6) is 0 Å². The summed E-state index contributed by atoms with van der Waals surface area (Å²) in [6.45, 7) is 9.05. The Kier molecular flexibility index (Phi) is 5.30. The largest absolute Gasteiger partial charge is 0.461 e. The summed E-state index contributed by atoms with van der Waals surface area (Å²) in [5, 5.41) is 0. The van der Waals surface area contributed by atoms with Gasteiger partial charge in [-0.25, -0.2) is 0 Å². The van der Waals surface area contributed by atoms with Crippen LogP contribution in [0.2, 0.25) is 25.7 Å². The van der Waals surface area contributed by atoms with Gasteiger partial charge < -0.3 is 4.12 Å². The van der Waals surface area contributed by atoms with E-state index in [0.29, 0.717) is 0 Å². The van der Waals surface area contributed by atoms with Gasteiger partial charge in [-0.1, -0.05) is 19.8 Å². The van der Waals surface area contributed by atoms with E-state index >= 15 is 0 Å². The predicted octanol–water partition coefficient (Wildman–Crippen LogP) is 2.14. The fourth-order valence-electron chi connectivity index (χ4n) is 0.730. The first-order valence-corrected chi connectivity index (χ1v) is 9.19. The standard InChI is InChI=1S/C7H20OSi2/c1-5-6-7-9-8-10(2,3)4/h5-7,9H2,1-4H3. The molecule has 0 heterocycles. The van der Waals surface area contributed by atoms with Crippen molar-refractivity contribution in [3.63, 3.8) is 0 Å². The topological polar surface area (TPSA) is 9.23 Å². The van der Waals surface area contributed by atoms with Crippen molar-refractivity contribution in [1.82, 2.24) is 0 Å². The van der Waals surface area contributed by atoms with Crippen molar-refractivity contribution >= 4 is 18.1 Å². The van der Waals surface area contributed by atoms with Crippen molar-refractivity contribution in [2.75, 3.05) is 0 Å². The molecular formula is C7H20OSi2. The zero-order valence-electron chi connectivity index (χ0n) is 7.74. The Bertz CT molecular complexity index is 78.2. The van der Waals surface area contributed by atoms with Gasteiger partial charge in [0.2, 0.25) is 0 Å². The highest BCUT2D eigenvalue weighted by Gasteiger charge is 2.12. The van der Waals surface area contributed by atoms with E-state index in [-0.39, 0.29) is 9.76 Å². The first kappa shape index (κ1) is 10.4. The van der Waals surface area contributed by atoms with Gasteiger partial charge in [0.1, 0.15) is 9.76 Å². The zero-order chi connectivity index (χ0) is 8.04. The van der Waals surface area contributed by atoms with Crippen LogP contribution in [0.4, 0.5) is 0 Å². The quantitative estimate of drug-likeness (QED) is 0.461. The summed E-state index contributed by atoms with van der Waals surface area (Å²) in [4.78, 5) is 0. The number of hydrogen-bond acceptors (Lipinski definition) is 1. The van der Waals surface area contributed by atoms with Crippen LogP contribution in [-0.2, 0) is 4.12 Å². The van der Waals surface area contributed by atoms with Gasteiger partial charge in [-0.2, -0.15) is 0 Å². The molecule has 0 saturated carbocycles. The van der Waals surface area contributed by atoms with Crippen LogP contribution in [0, 0.1) is 0 Å². The third-order valence-electron chi connectivity index (χ3n) is 1.28. The molecule has 62 valence electrons. The molecule has 0 amide bonds. The third kappa shape index (κ3) is 8.39.